The Labute approximate surface area is 113 Å². The van der Waals surface area contributed by atoms with E-state index in [0.717, 1.165) is 36.5 Å². The number of benzene rings is 1. The molecule has 4 heteroatoms. The van der Waals surface area contributed by atoms with Gasteiger partial charge in [0, 0.05) is 19.6 Å². The molecular formula is C15H21N3O. The molecule has 0 bridgehead atoms. The van der Waals surface area contributed by atoms with Gasteiger partial charge < -0.3 is 9.72 Å². The minimum absolute atomic E-state index is 0.321. The molecule has 1 aromatic heterocycles. The number of aromatic nitrogens is 2. The van der Waals surface area contributed by atoms with Crippen molar-refractivity contribution in [1.29, 1.82) is 0 Å². The normalized spacial score (nSPS) is 25.0. The van der Waals surface area contributed by atoms with Crippen molar-refractivity contribution >= 4 is 11.0 Å². The van der Waals surface area contributed by atoms with E-state index >= 15 is 0 Å². The lowest BCUT2D eigenvalue weighted by molar-refractivity contribution is -0.0704. The molecule has 3 rings (SSSR count). The standard InChI is InChI=1S/C15H21N3O/c1-10-7-18(8-11(2)19-10)9-13-4-5-14-15(6-13)17-12(3)16-14/h4-6,10-11H,7-9H2,1-3H3,(H,16,17)/t10-,11+. The Morgan fingerprint density at radius 2 is 2.05 bits per heavy atom. The number of morpholine rings is 1. The molecule has 102 valence electrons. The van der Waals surface area contributed by atoms with Gasteiger partial charge in [-0.25, -0.2) is 4.98 Å². The number of hydrogen-bond donors (Lipinski definition) is 1. The van der Waals surface area contributed by atoms with Crippen molar-refractivity contribution < 1.29 is 4.74 Å². The first-order valence-electron chi connectivity index (χ1n) is 6.93. The fraction of sp³-hybridized carbons (Fsp3) is 0.533. The zero-order valence-electron chi connectivity index (χ0n) is 11.8. The fourth-order valence-electron chi connectivity index (χ4n) is 2.95. The Bertz CT molecular complexity index is 568. The summed E-state index contributed by atoms with van der Waals surface area (Å²) in [6, 6.07) is 6.48. The van der Waals surface area contributed by atoms with E-state index in [1.165, 1.54) is 5.56 Å². The van der Waals surface area contributed by atoms with E-state index in [4.69, 9.17) is 4.74 Å². The van der Waals surface area contributed by atoms with E-state index in [9.17, 15) is 0 Å². The van der Waals surface area contributed by atoms with E-state index in [1.54, 1.807) is 0 Å². The molecule has 0 saturated carbocycles. The summed E-state index contributed by atoms with van der Waals surface area (Å²) in [7, 11) is 0. The first kappa shape index (κ1) is 12.6. The van der Waals surface area contributed by atoms with E-state index < -0.39 is 0 Å². The molecule has 0 radical (unpaired) electrons. The lowest BCUT2D eigenvalue weighted by Crippen LogP contribution is -2.44. The zero-order chi connectivity index (χ0) is 13.4. The van der Waals surface area contributed by atoms with Crippen molar-refractivity contribution in [2.45, 2.75) is 39.5 Å². The number of aromatic amines is 1. The minimum Gasteiger partial charge on any atom is -0.373 e. The summed E-state index contributed by atoms with van der Waals surface area (Å²) in [6.07, 6.45) is 0.642. The van der Waals surface area contributed by atoms with Crippen LogP contribution in [-0.2, 0) is 11.3 Å². The third kappa shape index (κ3) is 2.80. The summed E-state index contributed by atoms with van der Waals surface area (Å²) in [5, 5.41) is 0. The molecule has 1 saturated heterocycles. The van der Waals surface area contributed by atoms with Gasteiger partial charge in [0.2, 0.25) is 0 Å². The first-order valence-corrected chi connectivity index (χ1v) is 6.93. The number of fused-ring (bicyclic) bond motifs is 1. The second-order valence-corrected chi connectivity index (χ2v) is 5.63. The number of ether oxygens (including phenoxy) is 1. The topological polar surface area (TPSA) is 41.2 Å². The molecule has 1 aliphatic rings. The third-order valence-electron chi connectivity index (χ3n) is 3.57. The zero-order valence-corrected chi connectivity index (χ0v) is 11.8. The molecule has 4 nitrogen and oxygen atoms in total. The van der Waals surface area contributed by atoms with Gasteiger partial charge in [0.25, 0.3) is 0 Å². The maximum absolute atomic E-state index is 5.77. The number of nitrogens with one attached hydrogen (secondary N) is 1. The van der Waals surface area contributed by atoms with Gasteiger partial charge in [-0.2, -0.15) is 0 Å². The van der Waals surface area contributed by atoms with E-state index in [1.807, 2.05) is 6.92 Å². The van der Waals surface area contributed by atoms with E-state index in [0.29, 0.717) is 12.2 Å². The molecule has 0 aliphatic carbocycles. The summed E-state index contributed by atoms with van der Waals surface area (Å²) in [5.74, 6) is 0.973. The summed E-state index contributed by atoms with van der Waals surface area (Å²) in [5.41, 5.74) is 3.51. The average Bonchev–Trinajstić information content (AvgIpc) is 2.67. The van der Waals surface area contributed by atoms with E-state index in [2.05, 4.69) is 46.9 Å². The van der Waals surface area contributed by atoms with Crippen LogP contribution in [0.1, 0.15) is 25.2 Å². The highest BCUT2D eigenvalue weighted by Gasteiger charge is 2.22. The Kier molecular flexibility index (Phi) is 3.29. The largest absolute Gasteiger partial charge is 0.373 e. The molecular weight excluding hydrogens is 238 g/mol. The molecule has 2 aromatic rings. The molecule has 0 amide bonds. The van der Waals surface area contributed by atoms with Gasteiger partial charge in [0.15, 0.2) is 0 Å². The van der Waals surface area contributed by atoms with Gasteiger partial charge in [-0.05, 0) is 38.5 Å². The van der Waals surface area contributed by atoms with Crippen LogP contribution in [0.25, 0.3) is 11.0 Å². The second-order valence-electron chi connectivity index (χ2n) is 5.63. The molecule has 1 N–H and O–H groups in total. The van der Waals surface area contributed by atoms with Gasteiger partial charge in [-0.1, -0.05) is 6.07 Å². The fourth-order valence-corrected chi connectivity index (χ4v) is 2.95. The monoisotopic (exact) mass is 259 g/mol. The van der Waals surface area contributed by atoms with Gasteiger partial charge in [0.05, 0.1) is 23.2 Å². The maximum atomic E-state index is 5.77. The smallest absolute Gasteiger partial charge is 0.104 e. The third-order valence-corrected chi connectivity index (χ3v) is 3.57. The van der Waals surface area contributed by atoms with Crippen LogP contribution in [0.15, 0.2) is 18.2 Å². The lowest BCUT2D eigenvalue weighted by atomic mass is 10.1. The Morgan fingerprint density at radius 1 is 1.32 bits per heavy atom. The molecule has 19 heavy (non-hydrogen) atoms. The van der Waals surface area contributed by atoms with Crippen LogP contribution < -0.4 is 0 Å². The molecule has 1 aromatic carbocycles. The van der Waals surface area contributed by atoms with Crippen LogP contribution in [-0.4, -0.2) is 40.2 Å². The quantitative estimate of drug-likeness (QED) is 0.901. The number of rotatable bonds is 2. The second kappa shape index (κ2) is 4.94. The highest BCUT2D eigenvalue weighted by atomic mass is 16.5. The van der Waals surface area contributed by atoms with Crippen molar-refractivity contribution in [1.82, 2.24) is 14.9 Å². The van der Waals surface area contributed by atoms with Crippen LogP contribution in [0.3, 0.4) is 0 Å². The number of imidazole rings is 1. The van der Waals surface area contributed by atoms with Crippen molar-refractivity contribution in [3.63, 3.8) is 0 Å². The summed E-state index contributed by atoms with van der Waals surface area (Å²) in [6.45, 7) is 9.26. The molecule has 2 atom stereocenters. The molecule has 0 spiro atoms. The van der Waals surface area contributed by atoms with Crippen LogP contribution in [0.4, 0.5) is 0 Å². The number of nitrogens with zero attached hydrogens (tertiary/aromatic N) is 2. The van der Waals surface area contributed by atoms with Crippen LogP contribution >= 0.6 is 0 Å². The van der Waals surface area contributed by atoms with Gasteiger partial charge in [-0.3, -0.25) is 4.90 Å². The van der Waals surface area contributed by atoms with Gasteiger partial charge in [-0.15, -0.1) is 0 Å². The maximum Gasteiger partial charge on any atom is 0.104 e. The minimum atomic E-state index is 0.321. The predicted octanol–water partition coefficient (Wildman–Crippen LogP) is 2.48. The number of H-pyrrole nitrogens is 1. The Hall–Kier alpha value is -1.39. The van der Waals surface area contributed by atoms with Gasteiger partial charge >= 0.3 is 0 Å². The van der Waals surface area contributed by atoms with Crippen molar-refractivity contribution in [2.75, 3.05) is 13.1 Å². The lowest BCUT2D eigenvalue weighted by Gasteiger charge is -2.35. The van der Waals surface area contributed by atoms with Gasteiger partial charge in [0.1, 0.15) is 5.82 Å². The molecule has 0 unspecified atom stereocenters. The molecule has 1 aliphatic heterocycles. The van der Waals surface area contributed by atoms with Crippen LogP contribution in [0.2, 0.25) is 0 Å². The highest BCUT2D eigenvalue weighted by molar-refractivity contribution is 5.75. The van der Waals surface area contributed by atoms with Crippen LogP contribution in [0.5, 0.6) is 0 Å². The SMILES string of the molecule is Cc1nc2ccc(CN3C[C@@H](C)O[C@@H](C)C3)cc2[nH]1. The number of hydrogen-bond acceptors (Lipinski definition) is 3. The molecule has 2 heterocycles. The number of aryl methyl sites for hydroxylation is 1. The van der Waals surface area contributed by atoms with E-state index in [-0.39, 0.29) is 0 Å². The van der Waals surface area contributed by atoms with Crippen molar-refractivity contribution in [3.05, 3.63) is 29.6 Å². The summed E-state index contributed by atoms with van der Waals surface area (Å²) in [4.78, 5) is 10.2. The predicted molar refractivity (Wildman–Crippen MR) is 76.1 cm³/mol. The Morgan fingerprint density at radius 3 is 2.79 bits per heavy atom. The van der Waals surface area contributed by atoms with Crippen molar-refractivity contribution in [3.8, 4) is 0 Å². The Balaban J connectivity index is 1.77. The molecule has 1 fully saturated rings. The van der Waals surface area contributed by atoms with Crippen LogP contribution in [0, 0.1) is 6.92 Å². The summed E-state index contributed by atoms with van der Waals surface area (Å²) >= 11 is 0. The summed E-state index contributed by atoms with van der Waals surface area (Å²) < 4.78 is 5.77. The average molecular weight is 259 g/mol. The first-order chi connectivity index (χ1) is 9.10. The van der Waals surface area contributed by atoms with Crippen molar-refractivity contribution in [2.24, 2.45) is 0 Å². The highest BCUT2D eigenvalue weighted by Crippen LogP contribution is 2.17.